The molecule has 0 saturated carbocycles. The maximum Gasteiger partial charge on any atom is 0.416 e. The van der Waals surface area contributed by atoms with Crippen LogP contribution in [0, 0.1) is 6.92 Å². The molecule has 0 spiro atoms. The summed E-state index contributed by atoms with van der Waals surface area (Å²) in [6.45, 7) is 4.34. The molecule has 188 valence electrons. The van der Waals surface area contributed by atoms with Gasteiger partial charge in [0.25, 0.3) is 0 Å². The smallest absolute Gasteiger partial charge is 0.416 e. The van der Waals surface area contributed by atoms with Crippen LogP contribution in [-0.2, 0) is 24.1 Å². The van der Waals surface area contributed by atoms with Crippen molar-refractivity contribution in [2.75, 3.05) is 11.1 Å². The number of amides is 1. The minimum atomic E-state index is -4.45. The lowest BCUT2D eigenvalue weighted by Gasteiger charge is -2.11. The second-order valence-corrected chi connectivity index (χ2v) is 9.50. The molecule has 0 fully saturated rings. The lowest BCUT2D eigenvalue weighted by atomic mass is 10.1. The highest BCUT2D eigenvalue weighted by Crippen LogP contribution is 2.31. The number of carbonyl (C=O) groups is 1. The Morgan fingerprint density at radius 1 is 1.17 bits per heavy atom. The van der Waals surface area contributed by atoms with E-state index in [9.17, 15) is 18.0 Å². The van der Waals surface area contributed by atoms with Gasteiger partial charge < -0.3 is 14.6 Å². The number of halogens is 3. The molecule has 4 aromatic rings. The van der Waals surface area contributed by atoms with Crippen molar-refractivity contribution in [3.8, 4) is 17.0 Å². The number of alkyl halides is 3. The quantitative estimate of drug-likeness (QED) is 0.264. The predicted octanol–water partition coefficient (Wildman–Crippen LogP) is 6.06. The summed E-state index contributed by atoms with van der Waals surface area (Å²) in [5.74, 6) is 0.377. The fourth-order valence-electron chi connectivity index (χ4n) is 3.23. The van der Waals surface area contributed by atoms with E-state index < -0.39 is 11.7 Å². The Labute approximate surface area is 213 Å². The monoisotopic (exact) mass is 533 g/mol. The summed E-state index contributed by atoms with van der Waals surface area (Å²) in [7, 11) is 0. The lowest BCUT2D eigenvalue weighted by molar-refractivity contribution is -0.137. The number of hydrogen-bond donors (Lipinski definition) is 1. The molecule has 0 aliphatic heterocycles. The molecule has 0 aliphatic carbocycles. The Kier molecular flexibility index (Phi) is 7.94. The standard InChI is InChI=1S/C24H22F3N5O2S2/c1-3-32-20(12-34-18-6-4-5-17(11-18)24(25,26)27)30-31-23(32)36-14-21(33)29-22-28-19(13-35-22)16-9-7-15(2)8-10-16/h4-11,13H,3,12,14H2,1-2H3,(H,28,29,33). The molecule has 0 saturated heterocycles. The van der Waals surface area contributed by atoms with E-state index in [1.54, 1.807) is 4.57 Å². The fraction of sp³-hybridized carbons (Fsp3) is 0.250. The van der Waals surface area contributed by atoms with Crippen molar-refractivity contribution in [3.05, 3.63) is 70.9 Å². The van der Waals surface area contributed by atoms with E-state index in [-0.39, 0.29) is 24.0 Å². The highest BCUT2D eigenvalue weighted by atomic mass is 32.2. The maximum atomic E-state index is 12.9. The molecule has 7 nitrogen and oxygen atoms in total. The van der Waals surface area contributed by atoms with Crippen molar-refractivity contribution in [2.45, 2.75) is 38.3 Å². The summed E-state index contributed by atoms with van der Waals surface area (Å²) in [5, 5.41) is 13.9. The molecule has 2 aromatic carbocycles. The number of aromatic nitrogens is 4. The Morgan fingerprint density at radius 2 is 1.94 bits per heavy atom. The Bertz CT molecular complexity index is 1340. The lowest BCUT2D eigenvalue weighted by Crippen LogP contribution is -2.14. The maximum absolute atomic E-state index is 12.9. The molecule has 0 aliphatic rings. The third-order valence-corrected chi connectivity index (χ3v) is 6.79. The number of carbonyl (C=O) groups excluding carboxylic acids is 1. The summed E-state index contributed by atoms with van der Waals surface area (Å²) in [6, 6.07) is 12.6. The molecule has 0 radical (unpaired) electrons. The van der Waals surface area contributed by atoms with Crippen molar-refractivity contribution in [2.24, 2.45) is 0 Å². The normalized spacial score (nSPS) is 11.5. The van der Waals surface area contributed by atoms with Gasteiger partial charge in [0, 0.05) is 17.5 Å². The molecule has 12 heteroatoms. The highest BCUT2D eigenvalue weighted by molar-refractivity contribution is 7.99. The first kappa shape index (κ1) is 25.7. The number of nitrogens with one attached hydrogen (secondary N) is 1. The topological polar surface area (TPSA) is 81.9 Å². The van der Waals surface area contributed by atoms with Crippen LogP contribution in [0.25, 0.3) is 11.3 Å². The minimum absolute atomic E-state index is 0.0597. The zero-order valence-corrected chi connectivity index (χ0v) is 21.0. The minimum Gasteiger partial charge on any atom is -0.486 e. The van der Waals surface area contributed by atoms with Crippen LogP contribution >= 0.6 is 23.1 Å². The molecule has 4 rings (SSSR count). The van der Waals surface area contributed by atoms with E-state index in [2.05, 4.69) is 20.5 Å². The van der Waals surface area contributed by atoms with Gasteiger partial charge in [-0.2, -0.15) is 13.2 Å². The summed E-state index contributed by atoms with van der Waals surface area (Å²) < 4.78 is 46.0. The molecule has 2 aromatic heterocycles. The molecule has 0 unspecified atom stereocenters. The van der Waals surface area contributed by atoms with Crippen LogP contribution in [0.1, 0.15) is 23.9 Å². The Balaban J connectivity index is 1.33. The van der Waals surface area contributed by atoms with Crippen LogP contribution < -0.4 is 10.1 Å². The molecule has 2 heterocycles. The first-order valence-corrected chi connectivity index (χ1v) is 12.8. The van der Waals surface area contributed by atoms with Gasteiger partial charge in [0.15, 0.2) is 16.1 Å². The van der Waals surface area contributed by atoms with E-state index in [1.807, 2.05) is 43.5 Å². The van der Waals surface area contributed by atoms with Gasteiger partial charge >= 0.3 is 6.18 Å². The Morgan fingerprint density at radius 3 is 2.67 bits per heavy atom. The number of rotatable bonds is 9. The molecule has 1 N–H and O–H groups in total. The van der Waals surface area contributed by atoms with Crippen LogP contribution in [0.4, 0.5) is 18.3 Å². The molecule has 36 heavy (non-hydrogen) atoms. The molecular weight excluding hydrogens is 511 g/mol. The van der Waals surface area contributed by atoms with Gasteiger partial charge in [-0.1, -0.05) is 47.7 Å². The largest absolute Gasteiger partial charge is 0.486 e. The van der Waals surface area contributed by atoms with Crippen LogP contribution in [0.2, 0.25) is 0 Å². The second-order valence-electron chi connectivity index (χ2n) is 7.70. The number of benzene rings is 2. The van der Waals surface area contributed by atoms with Gasteiger partial charge in [0.05, 0.1) is 17.0 Å². The van der Waals surface area contributed by atoms with Gasteiger partial charge in [-0.05, 0) is 32.0 Å². The highest BCUT2D eigenvalue weighted by Gasteiger charge is 2.30. The summed E-state index contributed by atoms with van der Waals surface area (Å²) in [4.78, 5) is 16.9. The fourth-order valence-corrected chi connectivity index (χ4v) is 4.79. The molecule has 1 amide bonds. The van der Waals surface area contributed by atoms with Gasteiger partial charge in [0.2, 0.25) is 5.91 Å². The number of aryl methyl sites for hydroxylation is 1. The molecule has 0 bridgehead atoms. The number of hydrogen-bond acceptors (Lipinski definition) is 7. The first-order valence-electron chi connectivity index (χ1n) is 10.9. The number of anilines is 1. The van der Waals surface area contributed by atoms with Crippen LogP contribution in [-0.4, -0.2) is 31.4 Å². The molecular formula is C24H22F3N5O2S2. The Hall–Kier alpha value is -3.38. The summed E-state index contributed by atoms with van der Waals surface area (Å²) in [5.41, 5.74) is 2.14. The number of thiazole rings is 1. The summed E-state index contributed by atoms with van der Waals surface area (Å²) in [6.07, 6.45) is -4.45. The zero-order chi connectivity index (χ0) is 25.7. The van der Waals surface area contributed by atoms with E-state index in [4.69, 9.17) is 4.74 Å². The number of nitrogens with zero attached hydrogens (tertiary/aromatic N) is 4. The van der Waals surface area contributed by atoms with E-state index in [0.29, 0.717) is 22.7 Å². The van der Waals surface area contributed by atoms with Crippen LogP contribution in [0.3, 0.4) is 0 Å². The van der Waals surface area contributed by atoms with Gasteiger partial charge in [-0.25, -0.2) is 4.98 Å². The average molecular weight is 534 g/mol. The third kappa shape index (κ3) is 6.43. The zero-order valence-electron chi connectivity index (χ0n) is 19.4. The van der Waals surface area contributed by atoms with Crippen molar-refractivity contribution in [1.82, 2.24) is 19.7 Å². The van der Waals surface area contributed by atoms with Crippen molar-refractivity contribution < 1.29 is 22.7 Å². The van der Waals surface area contributed by atoms with Crippen LogP contribution in [0.15, 0.2) is 59.1 Å². The number of thioether (sulfide) groups is 1. The predicted molar refractivity (Wildman–Crippen MR) is 133 cm³/mol. The number of ether oxygens (including phenoxy) is 1. The van der Waals surface area contributed by atoms with Crippen LogP contribution in [0.5, 0.6) is 5.75 Å². The SMILES string of the molecule is CCn1c(COc2cccc(C(F)(F)F)c2)nnc1SCC(=O)Nc1nc(-c2ccc(C)cc2)cs1. The van der Waals surface area contributed by atoms with E-state index in [1.165, 1.54) is 35.2 Å². The van der Waals surface area contributed by atoms with E-state index >= 15 is 0 Å². The third-order valence-electron chi connectivity index (χ3n) is 5.07. The van der Waals surface area contributed by atoms with E-state index in [0.717, 1.165) is 29.0 Å². The van der Waals surface area contributed by atoms with Gasteiger partial charge in [-0.3, -0.25) is 4.79 Å². The second kappa shape index (κ2) is 11.1. The van der Waals surface area contributed by atoms with Crippen molar-refractivity contribution in [3.63, 3.8) is 0 Å². The average Bonchev–Trinajstić information content (AvgIpc) is 3.48. The van der Waals surface area contributed by atoms with Gasteiger partial charge in [-0.15, -0.1) is 21.5 Å². The first-order chi connectivity index (χ1) is 17.2. The molecule has 0 atom stereocenters. The van der Waals surface area contributed by atoms with Crippen molar-refractivity contribution in [1.29, 1.82) is 0 Å². The van der Waals surface area contributed by atoms with Gasteiger partial charge in [0.1, 0.15) is 12.4 Å². The summed E-state index contributed by atoms with van der Waals surface area (Å²) >= 11 is 2.55. The van der Waals surface area contributed by atoms with Crippen molar-refractivity contribution >= 4 is 34.1 Å².